The predicted molar refractivity (Wildman–Crippen MR) is 134 cm³/mol. The summed E-state index contributed by atoms with van der Waals surface area (Å²) in [6.07, 6.45) is 0. The summed E-state index contributed by atoms with van der Waals surface area (Å²) in [5.74, 6) is 0. The fourth-order valence-corrected chi connectivity index (χ4v) is 5.37. The number of fused-ring (bicyclic) bond motifs is 3. The van der Waals surface area contributed by atoms with Crippen molar-refractivity contribution in [2.45, 2.75) is 34.2 Å². The highest BCUT2D eigenvalue weighted by atomic mass is 32.1. The zero-order valence-electron chi connectivity index (χ0n) is 18.6. The molecule has 0 fully saturated rings. The van der Waals surface area contributed by atoms with Crippen molar-refractivity contribution >= 4 is 31.6 Å². The Labute approximate surface area is 190 Å². The van der Waals surface area contributed by atoms with Crippen molar-refractivity contribution < 1.29 is 0 Å². The van der Waals surface area contributed by atoms with Crippen molar-refractivity contribution in [2.75, 3.05) is 0 Å². The van der Waals surface area contributed by atoms with Crippen molar-refractivity contribution in [3.8, 4) is 5.69 Å². The normalized spacial score (nSPS) is 11.5. The van der Waals surface area contributed by atoms with Crippen LogP contribution in [0.25, 0.3) is 26.0 Å². The lowest BCUT2D eigenvalue weighted by Crippen LogP contribution is -2.38. The van der Waals surface area contributed by atoms with Gasteiger partial charge in [-0.05, 0) is 68.1 Å². The van der Waals surface area contributed by atoms with Gasteiger partial charge in [0.1, 0.15) is 4.70 Å². The molecule has 0 aliphatic heterocycles. The second-order valence-electron chi connectivity index (χ2n) is 8.48. The van der Waals surface area contributed by atoms with Crippen LogP contribution in [-0.2, 0) is 6.54 Å². The van der Waals surface area contributed by atoms with Gasteiger partial charge < -0.3 is 0 Å². The van der Waals surface area contributed by atoms with E-state index >= 15 is 0 Å². The second-order valence-corrected chi connectivity index (χ2v) is 9.54. The third kappa shape index (κ3) is 3.21. The van der Waals surface area contributed by atoms with Crippen molar-refractivity contribution in [3.05, 3.63) is 109 Å². The van der Waals surface area contributed by atoms with Crippen molar-refractivity contribution in [3.63, 3.8) is 0 Å². The molecule has 0 aliphatic carbocycles. The van der Waals surface area contributed by atoms with Crippen LogP contribution in [0.5, 0.6) is 0 Å². The highest BCUT2D eigenvalue weighted by Gasteiger charge is 2.20. The summed E-state index contributed by atoms with van der Waals surface area (Å²) in [5.41, 5.74) is 6.29. The van der Waals surface area contributed by atoms with E-state index in [9.17, 15) is 9.59 Å². The standard InChI is InChI=1S/C27H24N2O2S/c1-16-9-10-18(3)20(13-16)15-28-24-22-7-5-6-8-23(22)32-25(24)26(30)29(27(28)31)21-12-11-17(2)19(4)14-21/h5-14H,15H2,1-4H3. The van der Waals surface area contributed by atoms with E-state index in [1.54, 1.807) is 4.57 Å². The van der Waals surface area contributed by atoms with Gasteiger partial charge in [0.15, 0.2) is 0 Å². The van der Waals surface area contributed by atoms with Gasteiger partial charge in [-0.3, -0.25) is 9.36 Å². The number of hydrogen-bond acceptors (Lipinski definition) is 3. The van der Waals surface area contributed by atoms with Gasteiger partial charge in [-0.25, -0.2) is 9.36 Å². The molecule has 2 heterocycles. The smallest absolute Gasteiger partial charge is 0.287 e. The van der Waals surface area contributed by atoms with Gasteiger partial charge in [0, 0.05) is 10.1 Å². The first-order valence-electron chi connectivity index (χ1n) is 10.7. The van der Waals surface area contributed by atoms with Gasteiger partial charge >= 0.3 is 5.69 Å². The molecular formula is C27H24N2O2S. The quantitative estimate of drug-likeness (QED) is 0.364. The fourth-order valence-electron chi connectivity index (χ4n) is 4.23. The fraction of sp³-hybridized carbons (Fsp3) is 0.185. The second kappa shape index (κ2) is 7.61. The molecule has 5 rings (SSSR count). The van der Waals surface area contributed by atoms with Gasteiger partial charge in [0.05, 0.1) is 17.7 Å². The Hall–Kier alpha value is -3.44. The molecular weight excluding hydrogens is 416 g/mol. The zero-order valence-corrected chi connectivity index (χ0v) is 19.4. The van der Waals surface area contributed by atoms with Crippen LogP contribution in [0.15, 0.2) is 70.3 Å². The van der Waals surface area contributed by atoms with E-state index in [1.807, 2.05) is 56.3 Å². The minimum atomic E-state index is -0.310. The Bertz CT molecular complexity index is 1640. The predicted octanol–water partition coefficient (Wildman–Crippen LogP) is 5.65. The summed E-state index contributed by atoms with van der Waals surface area (Å²) in [6, 6.07) is 19.9. The molecule has 0 saturated carbocycles. The first-order valence-corrected chi connectivity index (χ1v) is 11.5. The molecule has 0 aliphatic rings. The van der Waals surface area contributed by atoms with E-state index in [2.05, 4.69) is 32.0 Å². The summed E-state index contributed by atoms with van der Waals surface area (Å²) in [4.78, 5) is 27.5. The van der Waals surface area contributed by atoms with Crippen molar-refractivity contribution in [2.24, 2.45) is 0 Å². The summed E-state index contributed by atoms with van der Waals surface area (Å²) >= 11 is 1.45. The van der Waals surface area contributed by atoms with Crippen LogP contribution in [0.2, 0.25) is 0 Å². The Morgan fingerprint density at radius 1 is 0.812 bits per heavy atom. The molecule has 0 spiro atoms. The van der Waals surface area contributed by atoms with Crippen LogP contribution in [0, 0.1) is 27.7 Å². The van der Waals surface area contributed by atoms with E-state index in [1.165, 1.54) is 15.9 Å². The Morgan fingerprint density at radius 2 is 1.56 bits per heavy atom. The maximum Gasteiger partial charge on any atom is 0.336 e. The van der Waals surface area contributed by atoms with E-state index in [4.69, 9.17) is 0 Å². The average molecular weight is 441 g/mol. The Morgan fingerprint density at radius 3 is 2.34 bits per heavy atom. The summed E-state index contributed by atoms with van der Waals surface area (Å²) < 4.78 is 4.71. The number of nitrogens with zero attached hydrogens (tertiary/aromatic N) is 2. The van der Waals surface area contributed by atoms with E-state index < -0.39 is 0 Å². The number of hydrogen-bond donors (Lipinski definition) is 0. The van der Waals surface area contributed by atoms with Gasteiger partial charge in [-0.2, -0.15) is 0 Å². The Kier molecular flexibility index (Phi) is 4.86. The summed E-state index contributed by atoms with van der Waals surface area (Å²) in [6.45, 7) is 8.54. The molecule has 4 nitrogen and oxygen atoms in total. The van der Waals surface area contributed by atoms with Gasteiger partial charge in [-0.1, -0.05) is 48.0 Å². The number of benzene rings is 3. The molecule has 5 aromatic rings. The van der Waals surface area contributed by atoms with Gasteiger partial charge in [-0.15, -0.1) is 11.3 Å². The minimum Gasteiger partial charge on any atom is -0.287 e. The number of aryl methyl sites for hydroxylation is 4. The molecule has 0 atom stereocenters. The zero-order chi connectivity index (χ0) is 22.6. The van der Waals surface area contributed by atoms with Crippen LogP contribution < -0.4 is 11.2 Å². The molecule has 0 N–H and O–H groups in total. The number of aromatic nitrogens is 2. The minimum absolute atomic E-state index is 0.258. The molecule has 32 heavy (non-hydrogen) atoms. The monoisotopic (exact) mass is 440 g/mol. The van der Waals surface area contributed by atoms with E-state index in [0.717, 1.165) is 43.4 Å². The Balaban J connectivity index is 1.90. The van der Waals surface area contributed by atoms with Gasteiger partial charge in [0.25, 0.3) is 5.56 Å². The van der Waals surface area contributed by atoms with Crippen LogP contribution in [0.4, 0.5) is 0 Å². The van der Waals surface area contributed by atoms with E-state index in [-0.39, 0.29) is 11.2 Å². The third-order valence-electron chi connectivity index (χ3n) is 6.24. The average Bonchev–Trinajstić information content (AvgIpc) is 3.16. The molecule has 160 valence electrons. The molecule has 0 unspecified atom stereocenters. The van der Waals surface area contributed by atoms with Crippen molar-refractivity contribution in [1.29, 1.82) is 0 Å². The van der Waals surface area contributed by atoms with Gasteiger partial charge in [0.2, 0.25) is 0 Å². The lowest BCUT2D eigenvalue weighted by molar-refractivity contribution is 0.715. The molecule has 3 aromatic carbocycles. The lowest BCUT2D eigenvalue weighted by atomic mass is 10.1. The number of thiophene rings is 1. The van der Waals surface area contributed by atoms with Crippen molar-refractivity contribution in [1.82, 2.24) is 9.13 Å². The highest BCUT2D eigenvalue weighted by molar-refractivity contribution is 7.25. The maximum atomic E-state index is 13.9. The lowest BCUT2D eigenvalue weighted by Gasteiger charge is -2.15. The van der Waals surface area contributed by atoms with Crippen LogP contribution in [-0.4, -0.2) is 9.13 Å². The largest absolute Gasteiger partial charge is 0.336 e. The molecule has 0 bridgehead atoms. The first-order chi connectivity index (χ1) is 15.3. The molecule has 0 amide bonds. The number of rotatable bonds is 3. The molecule has 5 heteroatoms. The highest BCUT2D eigenvalue weighted by Crippen LogP contribution is 2.31. The van der Waals surface area contributed by atoms with E-state index in [0.29, 0.717) is 16.9 Å². The molecule has 0 saturated heterocycles. The van der Waals surface area contributed by atoms with Crippen LogP contribution >= 0.6 is 11.3 Å². The molecule has 2 aromatic heterocycles. The SMILES string of the molecule is Cc1ccc(C)c(Cn2c(=O)n(-c3ccc(C)c(C)c3)c(=O)c3sc4ccccc4c32)c1. The third-order valence-corrected chi connectivity index (χ3v) is 7.39. The van der Waals surface area contributed by atoms with Crippen LogP contribution in [0.1, 0.15) is 27.8 Å². The maximum absolute atomic E-state index is 13.9. The first kappa shape index (κ1) is 20.5. The topological polar surface area (TPSA) is 44.0 Å². The summed E-state index contributed by atoms with van der Waals surface area (Å²) in [5, 5.41) is 0.944. The molecule has 0 radical (unpaired) electrons. The van der Waals surface area contributed by atoms with Crippen LogP contribution in [0.3, 0.4) is 0 Å². The summed E-state index contributed by atoms with van der Waals surface area (Å²) in [7, 11) is 0.